The van der Waals surface area contributed by atoms with Crippen LogP contribution >= 0.6 is 0 Å². The number of nitrogens with zero attached hydrogens (tertiary/aromatic N) is 4. The number of amides is 2. The number of carbonyl (C=O) groups is 2. The molecule has 0 radical (unpaired) electrons. The molecule has 2 N–H and O–H groups in total. The number of benzene rings is 1. The van der Waals surface area contributed by atoms with E-state index in [1.54, 1.807) is 15.6 Å². The Bertz CT molecular complexity index is 1380. The smallest absolute Gasteiger partial charge is 0.254 e. The maximum atomic E-state index is 13.7. The largest absolute Gasteiger partial charge is 0.369 e. The fourth-order valence-electron chi connectivity index (χ4n) is 5.00. The molecule has 0 spiro atoms. The second kappa shape index (κ2) is 8.50. The average molecular weight is 482 g/mol. The molecule has 4 heterocycles. The number of rotatable bonds is 4. The fraction of sp³-hybridized carbons (Fsp3) is 0.417. The number of pyridine rings is 1. The van der Waals surface area contributed by atoms with Gasteiger partial charge in [-0.3, -0.25) is 9.59 Å². The predicted molar refractivity (Wildman–Crippen MR) is 128 cm³/mol. The molecular formula is C24H27N5O4S. The summed E-state index contributed by atoms with van der Waals surface area (Å²) in [6.07, 6.45) is 1.55. The first-order chi connectivity index (χ1) is 16.2. The third-order valence-corrected chi connectivity index (χ3v) is 8.63. The maximum absolute atomic E-state index is 13.7. The summed E-state index contributed by atoms with van der Waals surface area (Å²) in [6, 6.07) is 11.1. The molecule has 2 aromatic heterocycles. The summed E-state index contributed by atoms with van der Waals surface area (Å²) in [6.45, 7) is 2.72. The molecule has 1 atom stereocenters. The summed E-state index contributed by atoms with van der Waals surface area (Å²) >= 11 is 0. The first-order valence-electron chi connectivity index (χ1n) is 11.5. The predicted octanol–water partition coefficient (Wildman–Crippen LogP) is 2.10. The van der Waals surface area contributed by atoms with Gasteiger partial charge in [-0.25, -0.2) is 18.1 Å². The number of sulfone groups is 1. The van der Waals surface area contributed by atoms with Crippen LogP contribution in [-0.2, 0) is 14.6 Å². The zero-order valence-corrected chi connectivity index (χ0v) is 19.8. The number of likely N-dealkylation sites (tertiary alicyclic amines) is 1. The van der Waals surface area contributed by atoms with Crippen molar-refractivity contribution >= 4 is 32.7 Å². The molecule has 0 unspecified atom stereocenters. The first kappa shape index (κ1) is 22.5. The van der Waals surface area contributed by atoms with Gasteiger partial charge in [-0.2, -0.15) is 5.10 Å². The molecule has 0 bridgehead atoms. The van der Waals surface area contributed by atoms with E-state index in [2.05, 4.69) is 5.10 Å². The van der Waals surface area contributed by atoms with Crippen molar-refractivity contribution in [1.29, 1.82) is 0 Å². The molecule has 0 saturated carbocycles. The molecule has 10 heteroatoms. The van der Waals surface area contributed by atoms with E-state index in [0.29, 0.717) is 60.3 Å². The number of aromatic nitrogens is 3. The van der Waals surface area contributed by atoms with Gasteiger partial charge in [0.05, 0.1) is 39.9 Å². The highest BCUT2D eigenvalue weighted by Gasteiger charge is 2.33. The van der Waals surface area contributed by atoms with E-state index in [1.165, 1.54) is 0 Å². The van der Waals surface area contributed by atoms with Gasteiger partial charge in [0.15, 0.2) is 15.5 Å². The highest BCUT2D eigenvalue weighted by Crippen LogP contribution is 2.33. The van der Waals surface area contributed by atoms with Crippen molar-refractivity contribution in [2.75, 3.05) is 24.6 Å². The molecule has 9 nitrogen and oxygen atoms in total. The summed E-state index contributed by atoms with van der Waals surface area (Å²) in [5.74, 6) is -0.542. The van der Waals surface area contributed by atoms with Crippen LogP contribution in [0.4, 0.5) is 0 Å². The molecule has 3 aromatic rings. The van der Waals surface area contributed by atoms with Crippen molar-refractivity contribution in [1.82, 2.24) is 19.7 Å². The Labute approximate surface area is 197 Å². The number of hydrogen-bond acceptors (Lipinski definition) is 6. The van der Waals surface area contributed by atoms with Crippen molar-refractivity contribution in [3.05, 3.63) is 47.7 Å². The third-order valence-electron chi connectivity index (χ3n) is 6.88. The van der Waals surface area contributed by atoms with Gasteiger partial charge in [0.25, 0.3) is 5.91 Å². The number of carbonyl (C=O) groups excluding carboxylic acids is 2. The molecule has 1 aromatic carbocycles. The molecule has 0 aliphatic carbocycles. The van der Waals surface area contributed by atoms with Crippen LogP contribution in [0.3, 0.4) is 0 Å². The lowest BCUT2D eigenvalue weighted by Crippen LogP contribution is -2.41. The Morgan fingerprint density at radius 2 is 1.79 bits per heavy atom. The average Bonchev–Trinajstić information content (AvgIpc) is 3.37. The third kappa shape index (κ3) is 4.06. The Kier molecular flexibility index (Phi) is 5.63. The van der Waals surface area contributed by atoms with E-state index in [9.17, 15) is 18.0 Å². The van der Waals surface area contributed by atoms with E-state index in [0.717, 1.165) is 5.56 Å². The zero-order chi connectivity index (χ0) is 24.0. The van der Waals surface area contributed by atoms with Crippen LogP contribution in [0.15, 0.2) is 36.4 Å². The van der Waals surface area contributed by atoms with E-state index >= 15 is 0 Å². The highest BCUT2D eigenvalue weighted by molar-refractivity contribution is 7.91. The summed E-state index contributed by atoms with van der Waals surface area (Å²) in [5, 5.41) is 5.30. The fourth-order valence-corrected chi connectivity index (χ4v) is 6.69. The van der Waals surface area contributed by atoms with Gasteiger partial charge in [0.2, 0.25) is 5.91 Å². The summed E-state index contributed by atoms with van der Waals surface area (Å²) in [4.78, 5) is 31.9. The number of aryl methyl sites for hydroxylation is 1. The Balaban J connectivity index is 1.62. The maximum Gasteiger partial charge on any atom is 0.254 e. The van der Waals surface area contributed by atoms with Crippen molar-refractivity contribution in [3.63, 3.8) is 0 Å². The SMILES string of the molecule is Cc1nn([C@@H]2CCS(=O)(=O)C2)c2nc(-c3ccccc3)cc(C(=O)N3CCC(C(N)=O)CC3)c12. The van der Waals surface area contributed by atoms with Crippen LogP contribution in [0.5, 0.6) is 0 Å². The van der Waals surface area contributed by atoms with E-state index in [-0.39, 0.29) is 35.3 Å². The number of hydrogen-bond donors (Lipinski definition) is 1. The van der Waals surface area contributed by atoms with Gasteiger partial charge in [-0.05, 0) is 32.3 Å². The van der Waals surface area contributed by atoms with Crippen LogP contribution in [0.25, 0.3) is 22.3 Å². The van der Waals surface area contributed by atoms with Crippen LogP contribution < -0.4 is 5.73 Å². The van der Waals surface area contributed by atoms with Crippen LogP contribution in [-0.4, -0.2) is 64.5 Å². The minimum absolute atomic E-state index is 0.0182. The van der Waals surface area contributed by atoms with Gasteiger partial charge in [-0.1, -0.05) is 30.3 Å². The Morgan fingerprint density at radius 1 is 1.09 bits per heavy atom. The Morgan fingerprint density at radius 3 is 2.41 bits per heavy atom. The van der Waals surface area contributed by atoms with E-state index in [4.69, 9.17) is 10.7 Å². The molecule has 34 heavy (non-hydrogen) atoms. The molecule has 2 aliphatic rings. The first-order valence-corrected chi connectivity index (χ1v) is 13.3. The van der Waals surface area contributed by atoms with Crippen molar-refractivity contribution in [3.8, 4) is 11.3 Å². The van der Waals surface area contributed by atoms with Gasteiger partial charge >= 0.3 is 0 Å². The molecule has 2 amide bonds. The molecule has 2 fully saturated rings. The molecule has 178 valence electrons. The van der Waals surface area contributed by atoms with Crippen molar-refractivity contribution in [2.24, 2.45) is 11.7 Å². The van der Waals surface area contributed by atoms with E-state index in [1.807, 2.05) is 37.3 Å². The molecule has 2 aliphatic heterocycles. The second-order valence-corrected chi connectivity index (χ2v) is 11.4. The summed E-state index contributed by atoms with van der Waals surface area (Å²) in [5.41, 5.74) is 8.60. The van der Waals surface area contributed by atoms with Crippen LogP contribution in [0.2, 0.25) is 0 Å². The molecule has 5 rings (SSSR count). The lowest BCUT2D eigenvalue weighted by atomic mass is 9.95. The van der Waals surface area contributed by atoms with E-state index < -0.39 is 9.84 Å². The van der Waals surface area contributed by atoms with Crippen molar-refractivity contribution < 1.29 is 18.0 Å². The topological polar surface area (TPSA) is 128 Å². The normalized spacial score (nSPS) is 20.6. The lowest BCUT2D eigenvalue weighted by Gasteiger charge is -2.30. The van der Waals surface area contributed by atoms with Gasteiger partial charge in [0.1, 0.15) is 0 Å². The standard InChI is InChI=1S/C24H27N5O4S/c1-15-21-19(24(31)28-10-7-17(8-11-28)22(25)30)13-20(16-5-3-2-4-6-16)26-23(21)29(27-15)18-9-12-34(32,33)14-18/h2-6,13,17-18H,7-12,14H2,1H3,(H2,25,30)/t18-/m1/s1. The zero-order valence-electron chi connectivity index (χ0n) is 19.0. The minimum atomic E-state index is -3.12. The lowest BCUT2D eigenvalue weighted by molar-refractivity contribution is -0.123. The van der Waals surface area contributed by atoms with Crippen LogP contribution in [0, 0.1) is 12.8 Å². The number of fused-ring (bicyclic) bond motifs is 1. The quantitative estimate of drug-likeness (QED) is 0.608. The number of nitrogens with two attached hydrogens (primary N) is 1. The second-order valence-electron chi connectivity index (χ2n) is 9.18. The molecule has 2 saturated heterocycles. The monoisotopic (exact) mass is 481 g/mol. The van der Waals surface area contributed by atoms with Crippen LogP contribution in [0.1, 0.15) is 41.4 Å². The molecular weight excluding hydrogens is 454 g/mol. The Hall–Kier alpha value is -3.27. The summed E-state index contributed by atoms with van der Waals surface area (Å²) < 4.78 is 26.0. The van der Waals surface area contributed by atoms with Gasteiger partial charge in [0, 0.05) is 24.6 Å². The minimum Gasteiger partial charge on any atom is -0.369 e. The number of primary amides is 1. The summed E-state index contributed by atoms with van der Waals surface area (Å²) in [7, 11) is -3.12. The van der Waals surface area contributed by atoms with Crippen molar-refractivity contribution in [2.45, 2.75) is 32.2 Å². The van der Waals surface area contributed by atoms with Gasteiger partial charge in [-0.15, -0.1) is 0 Å². The van der Waals surface area contributed by atoms with Gasteiger partial charge < -0.3 is 10.6 Å². The number of piperidine rings is 1. The highest BCUT2D eigenvalue weighted by atomic mass is 32.2.